The number of carbonyl (C=O) groups excluding carboxylic acids is 1. The molecule has 1 rings (SSSR count). The molecule has 0 saturated carbocycles. The van der Waals surface area contributed by atoms with E-state index in [1.165, 1.54) is 0 Å². The summed E-state index contributed by atoms with van der Waals surface area (Å²) >= 11 is 3.40. The van der Waals surface area contributed by atoms with Gasteiger partial charge in [0.1, 0.15) is 0 Å². The molecule has 1 unspecified atom stereocenters. The van der Waals surface area contributed by atoms with E-state index in [0.29, 0.717) is 0 Å². The third-order valence-electron chi connectivity index (χ3n) is 2.70. The van der Waals surface area contributed by atoms with Crippen molar-refractivity contribution in [3.63, 3.8) is 0 Å². The molecule has 0 fully saturated rings. The monoisotopic (exact) mass is 322 g/mol. The third-order valence-corrected chi connectivity index (χ3v) is 3.22. The predicted molar refractivity (Wildman–Crippen MR) is 81.5 cm³/mol. The predicted octanol–water partition coefficient (Wildman–Crippen LogP) is 2.24. The number of hydrogen-bond donors (Lipinski definition) is 2. The number of nitrogens with two attached hydrogens (primary N) is 1. The zero-order valence-corrected chi connectivity index (χ0v) is 12.8. The zero-order chi connectivity index (χ0) is 14.5. The first-order chi connectivity index (χ1) is 8.84. The summed E-state index contributed by atoms with van der Waals surface area (Å²) in [6, 6.07) is 7.38. The normalized spacial score (nSPS) is 12.6. The Morgan fingerprint density at radius 2 is 2.05 bits per heavy atom. The standard InChI is InChI=1S/C15H19BrN2O/c1-4-5-13(17)14(19)18-15(2,3)10-11-6-8-12(16)9-7-11/h1,6-9,13H,5,10,17H2,2-3H3,(H,18,19). The van der Waals surface area contributed by atoms with Crippen molar-refractivity contribution in [1.82, 2.24) is 5.32 Å². The van der Waals surface area contributed by atoms with Gasteiger partial charge in [-0.2, -0.15) is 0 Å². The molecule has 1 amide bonds. The van der Waals surface area contributed by atoms with Gasteiger partial charge in [0.05, 0.1) is 6.04 Å². The van der Waals surface area contributed by atoms with Crippen molar-refractivity contribution in [3.05, 3.63) is 34.3 Å². The lowest BCUT2D eigenvalue weighted by atomic mass is 9.94. The molecule has 0 aromatic heterocycles. The van der Waals surface area contributed by atoms with E-state index in [1.54, 1.807) is 0 Å². The molecular weight excluding hydrogens is 304 g/mol. The van der Waals surface area contributed by atoms with Crippen LogP contribution in [0.5, 0.6) is 0 Å². The molecule has 102 valence electrons. The summed E-state index contributed by atoms with van der Waals surface area (Å²) in [5, 5.41) is 2.93. The minimum Gasteiger partial charge on any atom is -0.350 e. The summed E-state index contributed by atoms with van der Waals surface area (Å²) in [6.45, 7) is 3.94. The highest BCUT2D eigenvalue weighted by atomic mass is 79.9. The summed E-state index contributed by atoms with van der Waals surface area (Å²) in [5.41, 5.74) is 6.48. The molecule has 0 heterocycles. The molecule has 1 atom stereocenters. The quantitative estimate of drug-likeness (QED) is 0.817. The summed E-state index contributed by atoms with van der Waals surface area (Å²) in [5.74, 6) is 2.19. The molecule has 19 heavy (non-hydrogen) atoms. The van der Waals surface area contributed by atoms with Crippen molar-refractivity contribution < 1.29 is 4.79 Å². The molecule has 0 aliphatic heterocycles. The van der Waals surface area contributed by atoms with Gasteiger partial charge in [-0.1, -0.05) is 28.1 Å². The van der Waals surface area contributed by atoms with Crippen LogP contribution >= 0.6 is 15.9 Å². The lowest BCUT2D eigenvalue weighted by Crippen LogP contribution is -2.51. The van der Waals surface area contributed by atoms with E-state index in [1.807, 2.05) is 38.1 Å². The molecule has 0 aliphatic rings. The van der Waals surface area contributed by atoms with E-state index in [-0.39, 0.29) is 17.9 Å². The maximum Gasteiger partial charge on any atom is 0.238 e. The van der Waals surface area contributed by atoms with E-state index >= 15 is 0 Å². The van der Waals surface area contributed by atoms with Gasteiger partial charge < -0.3 is 11.1 Å². The van der Waals surface area contributed by atoms with Crippen LogP contribution in [0.2, 0.25) is 0 Å². The number of hydrogen-bond acceptors (Lipinski definition) is 2. The first-order valence-corrected chi connectivity index (χ1v) is 6.89. The fourth-order valence-electron chi connectivity index (χ4n) is 1.80. The molecule has 0 radical (unpaired) electrons. The highest BCUT2D eigenvalue weighted by Crippen LogP contribution is 2.16. The number of rotatable bonds is 5. The van der Waals surface area contributed by atoms with Crippen LogP contribution in [-0.2, 0) is 11.2 Å². The van der Waals surface area contributed by atoms with Gasteiger partial charge in [0.2, 0.25) is 5.91 Å². The Morgan fingerprint density at radius 1 is 1.47 bits per heavy atom. The van der Waals surface area contributed by atoms with Crippen LogP contribution in [0.4, 0.5) is 0 Å². The summed E-state index contributed by atoms with van der Waals surface area (Å²) in [7, 11) is 0. The summed E-state index contributed by atoms with van der Waals surface area (Å²) < 4.78 is 1.04. The average Bonchev–Trinajstić information content (AvgIpc) is 2.31. The largest absolute Gasteiger partial charge is 0.350 e. The Hall–Kier alpha value is -1.31. The van der Waals surface area contributed by atoms with Crippen LogP contribution in [0.15, 0.2) is 28.7 Å². The number of nitrogens with one attached hydrogen (secondary N) is 1. The van der Waals surface area contributed by atoms with E-state index in [0.717, 1.165) is 16.5 Å². The minimum atomic E-state index is -0.644. The van der Waals surface area contributed by atoms with Crippen molar-refractivity contribution in [3.8, 4) is 12.3 Å². The molecule has 0 aliphatic carbocycles. The Labute approximate surface area is 123 Å². The fourth-order valence-corrected chi connectivity index (χ4v) is 2.07. The number of terminal acetylenes is 1. The third kappa shape index (κ3) is 5.46. The van der Waals surface area contributed by atoms with Gasteiger partial charge in [-0.15, -0.1) is 12.3 Å². The first kappa shape index (κ1) is 15.7. The molecule has 0 spiro atoms. The van der Waals surface area contributed by atoms with Crippen molar-refractivity contribution in [2.45, 2.75) is 38.3 Å². The SMILES string of the molecule is C#CCC(N)C(=O)NC(C)(C)Cc1ccc(Br)cc1. The van der Waals surface area contributed by atoms with Crippen molar-refractivity contribution in [2.75, 3.05) is 0 Å². The molecule has 1 aromatic carbocycles. The Balaban J connectivity index is 2.63. The average molecular weight is 323 g/mol. The molecule has 3 N–H and O–H groups in total. The van der Waals surface area contributed by atoms with Gasteiger partial charge in [-0.25, -0.2) is 0 Å². The number of halogens is 1. The van der Waals surface area contributed by atoms with Crippen LogP contribution in [0, 0.1) is 12.3 Å². The van der Waals surface area contributed by atoms with Crippen molar-refractivity contribution in [2.24, 2.45) is 5.73 Å². The lowest BCUT2D eigenvalue weighted by molar-refractivity contribution is -0.123. The van der Waals surface area contributed by atoms with Gasteiger partial charge in [-0.05, 0) is 38.0 Å². The highest BCUT2D eigenvalue weighted by Gasteiger charge is 2.23. The van der Waals surface area contributed by atoms with Crippen LogP contribution in [0.25, 0.3) is 0 Å². The smallest absolute Gasteiger partial charge is 0.238 e. The number of benzene rings is 1. The summed E-state index contributed by atoms with van der Waals surface area (Å²) in [6.07, 6.45) is 6.14. The molecule has 3 nitrogen and oxygen atoms in total. The van der Waals surface area contributed by atoms with Crippen LogP contribution in [0.1, 0.15) is 25.8 Å². The summed E-state index contributed by atoms with van der Waals surface area (Å²) in [4.78, 5) is 11.9. The molecule has 0 bridgehead atoms. The van der Waals surface area contributed by atoms with E-state index in [9.17, 15) is 4.79 Å². The number of amides is 1. The Morgan fingerprint density at radius 3 is 2.58 bits per heavy atom. The Kier molecular flexibility index (Phi) is 5.59. The van der Waals surface area contributed by atoms with Crippen molar-refractivity contribution in [1.29, 1.82) is 0 Å². The van der Waals surface area contributed by atoms with Gasteiger partial charge in [-0.3, -0.25) is 4.79 Å². The maximum absolute atomic E-state index is 11.9. The van der Waals surface area contributed by atoms with E-state index < -0.39 is 6.04 Å². The van der Waals surface area contributed by atoms with Crippen molar-refractivity contribution >= 4 is 21.8 Å². The zero-order valence-electron chi connectivity index (χ0n) is 11.2. The van der Waals surface area contributed by atoms with E-state index in [2.05, 4.69) is 27.2 Å². The second kappa shape index (κ2) is 6.74. The van der Waals surface area contributed by atoms with Crippen LogP contribution < -0.4 is 11.1 Å². The Bertz CT molecular complexity index is 474. The minimum absolute atomic E-state index is 0.208. The van der Waals surface area contributed by atoms with Gasteiger partial charge in [0.25, 0.3) is 0 Å². The van der Waals surface area contributed by atoms with Gasteiger partial charge >= 0.3 is 0 Å². The van der Waals surface area contributed by atoms with Crippen LogP contribution in [-0.4, -0.2) is 17.5 Å². The second-order valence-corrected chi connectivity index (χ2v) is 6.11. The highest BCUT2D eigenvalue weighted by molar-refractivity contribution is 9.10. The van der Waals surface area contributed by atoms with Gasteiger partial charge in [0, 0.05) is 16.4 Å². The second-order valence-electron chi connectivity index (χ2n) is 5.19. The molecule has 4 heteroatoms. The molecule has 1 aromatic rings. The molecule has 0 saturated heterocycles. The van der Waals surface area contributed by atoms with Crippen LogP contribution in [0.3, 0.4) is 0 Å². The first-order valence-electron chi connectivity index (χ1n) is 6.09. The molecular formula is C15H19BrN2O. The maximum atomic E-state index is 11.9. The fraction of sp³-hybridized carbons (Fsp3) is 0.400. The topological polar surface area (TPSA) is 55.1 Å². The van der Waals surface area contributed by atoms with E-state index in [4.69, 9.17) is 12.2 Å². The van der Waals surface area contributed by atoms with Gasteiger partial charge in [0.15, 0.2) is 0 Å². The number of carbonyl (C=O) groups is 1. The lowest BCUT2D eigenvalue weighted by Gasteiger charge is -2.27.